The number of ether oxygens (including phenoxy) is 2. The highest BCUT2D eigenvalue weighted by molar-refractivity contribution is 5.93. The standard InChI is InChI=1S/C7H6F2O4/c8-6(9)2-7(3-6)12-4(10)1-5(11)13-7/h1-3H2. The van der Waals surface area contributed by atoms with E-state index >= 15 is 0 Å². The van der Waals surface area contributed by atoms with E-state index in [1.807, 2.05) is 0 Å². The van der Waals surface area contributed by atoms with E-state index in [2.05, 4.69) is 9.47 Å². The Kier molecular flexibility index (Phi) is 1.41. The predicted octanol–water partition coefficient (Wildman–Crippen LogP) is 0.602. The molecule has 4 nitrogen and oxygen atoms in total. The maximum atomic E-state index is 12.4. The molecule has 1 spiro atoms. The first-order valence-electron chi connectivity index (χ1n) is 3.72. The van der Waals surface area contributed by atoms with Crippen LogP contribution in [0.15, 0.2) is 0 Å². The van der Waals surface area contributed by atoms with Gasteiger partial charge in [0.1, 0.15) is 6.42 Å². The summed E-state index contributed by atoms with van der Waals surface area (Å²) in [6, 6.07) is 0. The Labute approximate surface area is 71.8 Å². The number of carbonyl (C=O) groups excluding carboxylic acids is 2. The van der Waals surface area contributed by atoms with E-state index in [1.165, 1.54) is 0 Å². The summed E-state index contributed by atoms with van der Waals surface area (Å²) < 4.78 is 34.0. The van der Waals surface area contributed by atoms with E-state index in [1.54, 1.807) is 0 Å². The zero-order valence-corrected chi connectivity index (χ0v) is 6.51. The number of halogens is 2. The zero-order chi connectivity index (χ0) is 9.69. The smallest absolute Gasteiger partial charge is 0.320 e. The van der Waals surface area contributed by atoms with E-state index in [-0.39, 0.29) is 0 Å². The molecular formula is C7H6F2O4. The van der Waals surface area contributed by atoms with Crippen LogP contribution in [-0.2, 0) is 19.1 Å². The van der Waals surface area contributed by atoms with Crippen molar-refractivity contribution < 1.29 is 27.8 Å². The summed E-state index contributed by atoms with van der Waals surface area (Å²) in [6.07, 6.45) is -1.94. The first-order chi connectivity index (χ1) is 5.91. The molecule has 1 aliphatic heterocycles. The highest BCUT2D eigenvalue weighted by atomic mass is 19.3. The lowest BCUT2D eigenvalue weighted by Gasteiger charge is -2.46. The quantitative estimate of drug-likeness (QED) is 0.416. The number of hydrogen-bond acceptors (Lipinski definition) is 4. The van der Waals surface area contributed by atoms with Gasteiger partial charge in [0.2, 0.25) is 0 Å². The molecule has 1 aliphatic carbocycles. The highest BCUT2D eigenvalue weighted by Gasteiger charge is 2.64. The molecule has 0 aromatic heterocycles. The van der Waals surface area contributed by atoms with Crippen LogP contribution in [0.4, 0.5) is 8.78 Å². The molecule has 2 rings (SSSR count). The number of rotatable bonds is 0. The maximum absolute atomic E-state index is 12.4. The molecule has 0 bridgehead atoms. The van der Waals surface area contributed by atoms with Crippen molar-refractivity contribution in [1.29, 1.82) is 0 Å². The summed E-state index contributed by atoms with van der Waals surface area (Å²) in [5.74, 6) is -6.16. The second-order valence-electron chi connectivity index (χ2n) is 3.25. The number of carbonyl (C=O) groups is 2. The molecule has 0 aromatic carbocycles. The van der Waals surface area contributed by atoms with Crippen LogP contribution in [-0.4, -0.2) is 23.6 Å². The monoisotopic (exact) mass is 192 g/mol. The van der Waals surface area contributed by atoms with E-state index < -0.39 is 42.9 Å². The van der Waals surface area contributed by atoms with Crippen molar-refractivity contribution in [3.05, 3.63) is 0 Å². The van der Waals surface area contributed by atoms with E-state index in [9.17, 15) is 18.4 Å². The first kappa shape index (κ1) is 8.40. The molecule has 0 unspecified atom stereocenters. The Morgan fingerprint density at radius 3 is 1.92 bits per heavy atom. The second kappa shape index (κ2) is 2.18. The largest absolute Gasteiger partial charge is 0.422 e. The number of hydrogen-bond donors (Lipinski definition) is 0. The Morgan fingerprint density at radius 2 is 1.54 bits per heavy atom. The third-order valence-corrected chi connectivity index (χ3v) is 1.94. The van der Waals surface area contributed by atoms with Gasteiger partial charge >= 0.3 is 11.9 Å². The molecule has 6 heteroatoms. The van der Waals surface area contributed by atoms with Gasteiger partial charge in [-0.3, -0.25) is 9.59 Å². The molecule has 0 aromatic rings. The first-order valence-corrected chi connectivity index (χ1v) is 3.72. The van der Waals surface area contributed by atoms with Crippen LogP contribution in [0.1, 0.15) is 19.3 Å². The van der Waals surface area contributed by atoms with Crippen LogP contribution < -0.4 is 0 Å². The van der Waals surface area contributed by atoms with Crippen LogP contribution in [0.25, 0.3) is 0 Å². The van der Waals surface area contributed by atoms with Gasteiger partial charge in [0.25, 0.3) is 11.7 Å². The summed E-state index contributed by atoms with van der Waals surface area (Å²) >= 11 is 0. The molecule has 0 radical (unpaired) electrons. The van der Waals surface area contributed by atoms with Gasteiger partial charge in [-0.2, -0.15) is 0 Å². The second-order valence-corrected chi connectivity index (χ2v) is 3.25. The molecule has 72 valence electrons. The summed E-state index contributed by atoms with van der Waals surface area (Å²) in [6.45, 7) is 0. The number of esters is 2. The van der Waals surface area contributed by atoms with Crippen molar-refractivity contribution in [2.75, 3.05) is 0 Å². The molecule has 0 atom stereocenters. The zero-order valence-electron chi connectivity index (χ0n) is 6.51. The van der Waals surface area contributed by atoms with Gasteiger partial charge in [-0.1, -0.05) is 0 Å². The third-order valence-electron chi connectivity index (χ3n) is 1.94. The average molecular weight is 192 g/mol. The van der Waals surface area contributed by atoms with Crippen molar-refractivity contribution in [3.8, 4) is 0 Å². The molecule has 13 heavy (non-hydrogen) atoms. The van der Waals surface area contributed by atoms with Crippen LogP contribution in [0.2, 0.25) is 0 Å². The number of alkyl halides is 2. The molecular weight excluding hydrogens is 186 g/mol. The lowest BCUT2D eigenvalue weighted by atomic mass is 9.86. The fourth-order valence-corrected chi connectivity index (χ4v) is 1.51. The van der Waals surface area contributed by atoms with Gasteiger partial charge in [-0.15, -0.1) is 0 Å². The summed E-state index contributed by atoms with van der Waals surface area (Å²) in [7, 11) is 0. The normalized spacial score (nSPS) is 29.1. The van der Waals surface area contributed by atoms with Gasteiger partial charge in [-0.05, 0) is 0 Å². The Hall–Kier alpha value is -1.20. The van der Waals surface area contributed by atoms with Crippen molar-refractivity contribution in [2.24, 2.45) is 0 Å². The van der Waals surface area contributed by atoms with Gasteiger partial charge in [0.05, 0.1) is 12.8 Å². The highest BCUT2D eigenvalue weighted by Crippen LogP contribution is 2.50. The van der Waals surface area contributed by atoms with Crippen molar-refractivity contribution in [3.63, 3.8) is 0 Å². The van der Waals surface area contributed by atoms with E-state index in [0.29, 0.717) is 0 Å². The summed E-state index contributed by atoms with van der Waals surface area (Å²) in [4.78, 5) is 21.4. The van der Waals surface area contributed by atoms with Crippen molar-refractivity contribution in [2.45, 2.75) is 31.0 Å². The minimum atomic E-state index is -2.89. The fraction of sp³-hybridized carbons (Fsp3) is 0.714. The van der Waals surface area contributed by atoms with Crippen molar-refractivity contribution >= 4 is 11.9 Å². The molecule has 2 aliphatic rings. The Bertz CT molecular complexity index is 260. The summed E-state index contributed by atoms with van der Waals surface area (Å²) in [5, 5.41) is 0. The molecule has 1 saturated carbocycles. The fourth-order valence-electron chi connectivity index (χ4n) is 1.51. The topological polar surface area (TPSA) is 52.6 Å². The SMILES string of the molecule is O=C1CC(=O)OC2(CC(F)(F)C2)O1. The Balaban J connectivity index is 2.09. The van der Waals surface area contributed by atoms with E-state index in [4.69, 9.17) is 0 Å². The lowest BCUT2D eigenvalue weighted by molar-refractivity contribution is -0.325. The summed E-state index contributed by atoms with van der Waals surface area (Å²) in [5.41, 5.74) is 0. The average Bonchev–Trinajstić information content (AvgIpc) is 1.77. The van der Waals surface area contributed by atoms with E-state index in [0.717, 1.165) is 0 Å². The third kappa shape index (κ3) is 1.36. The van der Waals surface area contributed by atoms with Crippen LogP contribution in [0.3, 0.4) is 0 Å². The van der Waals surface area contributed by atoms with Gasteiger partial charge in [-0.25, -0.2) is 8.78 Å². The lowest BCUT2D eigenvalue weighted by Crippen LogP contribution is -2.59. The molecule has 1 heterocycles. The van der Waals surface area contributed by atoms with Gasteiger partial charge < -0.3 is 9.47 Å². The van der Waals surface area contributed by atoms with Crippen LogP contribution >= 0.6 is 0 Å². The maximum Gasteiger partial charge on any atom is 0.320 e. The van der Waals surface area contributed by atoms with Crippen LogP contribution in [0, 0.1) is 0 Å². The molecule has 0 amide bonds. The minimum Gasteiger partial charge on any atom is -0.422 e. The molecule has 1 saturated heterocycles. The van der Waals surface area contributed by atoms with Gasteiger partial charge in [0.15, 0.2) is 0 Å². The van der Waals surface area contributed by atoms with Crippen molar-refractivity contribution in [1.82, 2.24) is 0 Å². The van der Waals surface area contributed by atoms with Gasteiger partial charge in [0, 0.05) is 0 Å². The predicted molar refractivity (Wildman–Crippen MR) is 33.7 cm³/mol. The molecule has 2 fully saturated rings. The molecule has 0 N–H and O–H groups in total. The minimum absolute atomic E-state index is 0.493. The Morgan fingerprint density at radius 1 is 1.08 bits per heavy atom. The van der Waals surface area contributed by atoms with Crippen LogP contribution in [0.5, 0.6) is 0 Å².